The molecule has 2 unspecified atom stereocenters. The molecule has 0 aliphatic carbocycles. The fraction of sp³-hybridized carbons (Fsp3) is 0.733. The average molecular weight is 368 g/mol. The molecule has 0 radical (unpaired) electrons. The first-order chi connectivity index (χ1) is 10.3. The minimum atomic E-state index is -3.65. The van der Waals surface area contributed by atoms with Crippen LogP contribution >= 0.6 is 22.9 Å². The summed E-state index contributed by atoms with van der Waals surface area (Å²) in [7, 11) is -3.65. The molecule has 0 aliphatic rings. The van der Waals surface area contributed by atoms with Crippen molar-refractivity contribution in [2.45, 2.75) is 69.2 Å². The fourth-order valence-corrected chi connectivity index (χ4v) is 5.17. The largest absolute Gasteiger partial charge is 0.391 e. The van der Waals surface area contributed by atoms with Crippen LogP contribution in [-0.2, 0) is 10.0 Å². The highest BCUT2D eigenvalue weighted by Crippen LogP contribution is 2.27. The van der Waals surface area contributed by atoms with Crippen molar-refractivity contribution < 1.29 is 13.5 Å². The van der Waals surface area contributed by atoms with E-state index >= 15 is 0 Å². The van der Waals surface area contributed by atoms with Crippen molar-refractivity contribution >= 4 is 33.0 Å². The average Bonchev–Trinajstić information content (AvgIpc) is 2.91. The summed E-state index contributed by atoms with van der Waals surface area (Å²) >= 11 is 6.84. The molecule has 0 saturated carbocycles. The molecule has 22 heavy (non-hydrogen) atoms. The van der Waals surface area contributed by atoms with E-state index in [0.717, 1.165) is 37.0 Å². The molecule has 1 aromatic heterocycles. The maximum Gasteiger partial charge on any atom is 0.250 e. The van der Waals surface area contributed by atoms with Gasteiger partial charge >= 0.3 is 0 Å². The van der Waals surface area contributed by atoms with Gasteiger partial charge < -0.3 is 5.11 Å². The van der Waals surface area contributed by atoms with E-state index in [0.29, 0.717) is 10.8 Å². The Hall–Kier alpha value is -0.140. The monoisotopic (exact) mass is 367 g/mol. The number of aliphatic hydroxyl groups excluding tert-OH is 1. The van der Waals surface area contributed by atoms with E-state index < -0.39 is 22.2 Å². The maximum absolute atomic E-state index is 12.4. The second-order valence-corrected chi connectivity index (χ2v) is 9.31. The summed E-state index contributed by atoms with van der Waals surface area (Å²) < 4.78 is 28.2. The predicted molar refractivity (Wildman–Crippen MR) is 93.0 cm³/mol. The molecule has 0 spiro atoms. The molecule has 0 saturated heterocycles. The van der Waals surface area contributed by atoms with Gasteiger partial charge in [0.2, 0.25) is 10.0 Å². The standard InChI is InChI=1S/C15H26ClNO3S2/c1-4-6-7-8-12(18)15(11(3)5-2)17-22(19,20)14-10-9-13(16)21-14/h9-12,15,17-18H,4-8H2,1-3H3/t11-,12?,15?/m0/s1. The van der Waals surface area contributed by atoms with E-state index in [2.05, 4.69) is 11.6 Å². The number of hydrogen-bond donors (Lipinski definition) is 2. The lowest BCUT2D eigenvalue weighted by Gasteiger charge is -2.28. The quantitative estimate of drug-likeness (QED) is 0.613. The maximum atomic E-state index is 12.4. The fourth-order valence-electron chi connectivity index (χ4n) is 2.29. The number of rotatable bonds is 10. The van der Waals surface area contributed by atoms with Gasteiger partial charge in [0.25, 0.3) is 0 Å². The second kappa shape index (κ2) is 9.23. The Bertz CT molecular complexity index is 545. The topological polar surface area (TPSA) is 66.4 Å². The van der Waals surface area contributed by atoms with Gasteiger partial charge in [0.05, 0.1) is 16.5 Å². The first kappa shape index (κ1) is 19.9. The summed E-state index contributed by atoms with van der Waals surface area (Å²) in [5.74, 6) is 0.0573. The third-order valence-electron chi connectivity index (χ3n) is 3.88. The zero-order valence-corrected chi connectivity index (χ0v) is 15.8. The molecule has 7 heteroatoms. The van der Waals surface area contributed by atoms with Gasteiger partial charge in [-0.1, -0.05) is 58.1 Å². The van der Waals surface area contributed by atoms with Crippen LogP contribution in [0.15, 0.2) is 16.3 Å². The number of hydrogen-bond acceptors (Lipinski definition) is 4. The zero-order chi connectivity index (χ0) is 16.8. The number of sulfonamides is 1. The minimum absolute atomic E-state index is 0.0573. The highest BCUT2D eigenvalue weighted by atomic mass is 35.5. The van der Waals surface area contributed by atoms with Gasteiger partial charge in [-0.25, -0.2) is 13.1 Å². The molecule has 0 bridgehead atoms. The van der Waals surface area contributed by atoms with Crippen LogP contribution in [0, 0.1) is 5.92 Å². The lowest BCUT2D eigenvalue weighted by Crippen LogP contribution is -2.47. The molecule has 1 heterocycles. The molecule has 128 valence electrons. The molecule has 4 nitrogen and oxygen atoms in total. The van der Waals surface area contributed by atoms with Gasteiger partial charge in [0.15, 0.2) is 0 Å². The Morgan fingerprint density at radius 2 is 2.00 bits per heavy atom. The summed E-state index contributed by atoms with van der Waals surface area (Å²) in [6, 6.07) is 2.58. The third-order valence-corrected chi connectivity index (χ3v) is 7.06. The van der Waals surface area contributed by atoms with E-state index in [4.69, 9.17) is 11.6 Å². The van der Waals surface area contributed by atoms with Crippen LogP contribution in [0.2, 0.25) is 4.34 Å². The molecule has 0 fully saturated rings. The lowest BCUT2D eigenvalue weighted by molar-refractivity contribution is 0.100. The lowest BCUT2D eigenvalue weighted by atomic mass is 9.92. The number of aliphatic hydroxyl groups is 1. The Morgan fingerprint density at radius 1 is 1.32 bits per heavy atom. The van der Waals surface area contributed by atoms with Gasteiger partial charge in [-0.2, -0.15) is 0 Å². The highest BCUT2D eigenvalue weighted by Gasteiger charge is 2.30. The summed E-state index contributed by atoms with van der Waals surface area (Å²) in [5, 5.41) is 10.4. The van der Waals surface area contributed by atoms with E-state index in [1.807, 2.05) is 13.8 Å². The molecule has 3 atom stereocenters. The molecule has 0 aliphatic heterocycles. The van der Waals surface area contributed by atoms with Crippen molar-refractivity contribution in [3.05, 3.63) is 16.5 Å². The summed E-state index contributed by atoms with van der Waals surface area (Å²) in [5.41, 5.74) is 0. The van der Waals surface area contributed by atoms with Gasteiger partial charge in [0.1, 0.15) is 4.21 Å². The van der Waals surface area contributed by atoms with Crippen LogP contribution in [0.25, 0.3) is 0 Å². The second-order valence-electron chi connectivity index (χ2n) is 5.65. The van der Waals surface area contributed by atoms with Crippen molar-refractivity contribution in [2.75, 3.05) is 0 Å². The van der Waals surface area contributed by atoms with E-state index in [1.165, 1.54) is 6.07 Å². The van der Waals surface area contributed by atoms with Crippen LogP contribution in [0.1, 0.15) is 52.9 Å². The van der Waals surface area contributed by atoms with Crippen LogP contribution in [0.3, 0.4) is 0 Å². The van der Waals surface area contributed by atoms with Crippen molar-refractivity contribution in [3.8, 4) is 0 Å². The van der Waals surface area contributed by atoms with Gasteiger partial charge in [-0.05, 0) is 24.5 Å². The van der Waals surface area contributed by atoms with Crippen molar-refractivity contribution in [1.82, 2.24) is 4.72 Å². The Kier molecular flexibility index (Phi) is 8.35. The molecule has 1 rings (SSSR count). The van der Waals surface area contributed by atoms with Crippen molar-refractivity contribution in [2.24, 2.45) is 5.92 Å². The van der Waals surface area contributed by atoms with E-state index in [1.54, 1.807) is 6.07 Å². The van der Waals surface area contributed by atoms with E-state index in [-0.39, 0.29) is 10.1 Å². The Morgan fingerprint density at radius 3 is 2.50 bits per heavy atom. The van der Waals surface area contributed by atoms with Gasteiger partial charge in [-0.15, -0.1) is 11.3 Å². The minimum Gasteiger partial charge on any atom is -0.391 e. The third kappa shape index (κ3) is 5.81. The Labute approximate surface area is 142 Å². The first-order valence-corrected chi connectivity index (χ1v) is 10.4. The number of thiophene rings is 1. The van der Waals surface area contributed by atoms with Gasteiger partial charge in [-0.3, -0.25) is 0 Å². The first-order valence-electron chi connectivity index (χ1n) is 7.77. The normalized spacial score (nSPS) is 16.4. The molecular formula is C15H26ClNO3S2. The van der Waals surface area contributed by atoms with Crippen LogP contribution in [0.4, 0.5) is 0 Å². The number of halogens is 1. The summed E-state index contributed by atoms with van der Waals surface area (Å²) in [6.45, 7) is 6.05. The number of unbranched alkanes of at least 4 members (excludes halogenated alkanes) is 2. The van der Waals surface area contributed by atoms with Crippen molar-refractivity contribution in [3.63, 3.8) is 0 Å². The van der Waals surface area contributed by atoms with Gasteiger partial charge in [0, 0.05) is 0 Å². The molecule has 0 amide bonds. The highest BCUT2D eigenvalue weighted by molar-refractivity contribution is 7.91. The van der Waals surface area contributed by atoms with Crippen molar-refractivity contribution in [1.29, 1.82) is 0 Å². The zero-order valence-electron chi connectivity index (χ0n) is 13.4. The molecular weight excluding hydrogens is 342 g/mol. The number of nitrogens with one attached hydrogen (secondary N) is 1. The molecule has 2 N–H and O–H groups in total. The molecule has 0 aromatic carbocycles. The summed E-state index contributed by atoms with van der Waals surface area (Å²) in [4.78, 5) is 0. The molecule has 1 aromatic rings. The Balaban J connectivity index is 2.84. The van der Waals surface area contributed by atoms with Crippen LogP contribution in [-0.4, -0.2) is 25.7 Å². The van der Waals surface area contributed by atoms with Crippen LogP contribution in [0.5, 0.6) is 0 Å². The van der Waals surface area contributed by atoms with Crippen LogP contribution < -0.4 is 4.72 Å². The van der Waals surface area contributed by atoms with E-state index in [9.17, 15) is 13.5 Å². The smallest absolute Gasteiger partial charge is 0.250 e. The SMILES string of the molecule is CCCCCC(O)C(NS(=O)(=O)c1ccc(Cl)s1)[C@@H](C)CC. The summed E-state index contributed by atoms with van der Waals surface area (Å²) in [6.07, 6.45) is 3.74. The predicted octanol–water partition coefficient (Wildman–Crippen LogP) is 4.04.